The van der Waals surface area contributed by atoms with Crippen molar-refractivity contribution in [2.24, 2.45) is 11.8 Å². The first kappa shape index (κ1) is 37.1. The van der Waals surface area contributed by atoms with Gasteiger partial charge in [-0.05, 0) is 91.3 Å². The second kappa shape index (κ2) is 15.8. The number of carbonyl (C=O) groups excluding carboxylic acids is 2. The molecule has 5 rings (SSSR count). The topological polar surface area (TPSA) is 129 Å². The third-order valence-corrected chi connectivity index (χ3v) is 11.8. The zero-order valence-electron chi connectivity index (χ0n) is 28.9. The maximum atomic E-state index is 13.8. The summed E-state index contributed by atoms with van der Waals surface area (Å²) in [7, 11) is 1.61. The molecule has 0 aromatic heterocycles. The minimum absolute atomic E-state index is 0.0594. The van der Waals surface area contributed by atoms with Crippen molar-refractivity contribution >= 4 is 39.3 Å². The van der Waals surface area contributed by atoms with E-state index in [9.17, 15) is 23.1 Å². The number of methoxy groups -OCH3 is 1. The Bertz CT molecular complexity index is 1650. The summed E-state index contributed by atoms with van der Waals surface area (Å²) >= 11 is 6.36. The molecule has 2 amide bonds. The van der Waals surface area contributed by atoms with Crippen molar-refractivity contribution in [3.8, 4) is 5.75 Å². The van der Waals surface area contributed by atoms with Gasteiger partial charge in [0.05, 0.1) is 24.8 Å². The average molecular weight is 717 g/mol. The Labute approximate surface area is 295 Å². The molecule has 4 atom stereocenters. The number of rotatable bonds is 4. The van der Waals surface area contributed by atoms with Crippen LogP contribution in [0.3, 0.4) is 0 Å². The first-order chi connectivity index (χ1) is 23.3. The zero-order chi connectivity index (χ0) is 35.3. The minimum atomic E-state index is -4.27. The van der Waals surface area contributed by atoms with Gasteiger partial charge in [0.15, 0.2) is 5.60 Å². The van der Waals surface area contributed by atoms with Gasteiger partial charge in [0, 0.05) is 59.3 Å². The Kier molecular flexibility index (Phi) is 12.0. The number of nitrogens with zero attached hydrogens (tertiary/aromatic N) is 3. The van der Waals surface area contributed by atoms with Gasteiger partial charge >= 0.3 is 10.2 Å². The monoisotopic (exact) mass is 716 g/mol. The lowest BCUT2D eigenvalue weighted by atomic mass is 9.70. The Morgan fingerprint density at radius 3 is 2.61 bits per heavy atom. The van der Waals surface area contributed by atoms with E-state index in [0.717, 1.165) is 36.4 Å². The van der Waals surface area contributed by atoms with Crippen LogP contribution in [0.4, 0.5) is 5.69 Å². The molecule has 2 aliphatic heterocycles. The number of anilines is 1. The number of carbonyl (C=O) groups is 2. The van der Waals surface area contributed by atoms with E-state index in [2.05, 4.69) is 11.0 Å². The molecule has 2 aromatic rings. The highest BCUT2D eigenvalue weighted by Crippen LogP contribution is 2.42. The predicted molar refractivity (Wildman–Crippen MR) is 190 cm³/mol. The fourth-order valence-electron chi connectivity index (χ4n) is 6.93. The van der Waals surface area contributed by atoms with Gasteiger partial charge in [0.2, 0.25) is 5.91 Å². The van der Waals surface area contributed by atoms with Crippen molar-refractivity contribution in [2.75, 3.05) is 59.4 Å². The van der Waals surface area contributed by atoms with Gasteiger partial charge in [0.1, 0.15) is 5.75 Å². The molecule has 2 N–H and O–H groups in total. The van der Waals surface area contributed by atoms with E-state index in [0.29, 0.717) is 67.4 Å². The predicted octanol–water partition coefficient (Wildman–Crippen LogP) is 4.06. The molecule has 1 fully saturated rings. The Morgan fingerprint density at radius 2 is 1.90 bits per heavy atom. The molecule has 2 aromatic carbocycles. The van der Waals surface area contributed by atoms with Crippen molar-refractivity contribution < 1.29 is 32.6 Å². The van der Waals surface area contributed by atoms with Crippen molar-refractivity contribution in [2.45, 2.75) is 63.1 Å². The second-order valence-electron chi connectivity index (χ2n) is 13.6. The number of fused-ring (bicyclic) bond motifs is 3. The molecule has 2 heterocycles. The molecule has 1 aliphatic carbocycles. The second-order valence-corrected chi connectivity index (χ2v) is 15.9. The molecule has 49 heavy (non-hydrogen) atoms. The highest BCUT2D eigenvalue weighted by atomic mass is 35.5. The van der Waals surface area contributed by atoms with Crippen LogP contribution in [0.5, 0.6) is 5.75 Å². The zero-order valence-corrected chi connectivity index (χ0v) is 30.4. The Balaban J connectivity index is 1.61. The molecule has 0 radical (unpaired) electrons. The highest BCUT2D eigenvalue weighted by molar-refractivity contribution is 7.87. The summed E-state index contributed by atoms with van der Waals surface area (Å²) in [6.45, 7) is 2.09. The quantitative estimate of drug-likeness (QED) is 0.454. The summed E-state index contributed by atoms with van der Waals surface area (Å²) in [5, 5.41) is 12.9. The molecular weight excluding hydrogens is 668 g/mol. The van der Waals surface area contributed by atoms with Gasteiger partial charge in [-0.2, -0.15) is 12.7 Å². The summed E-state index contributed by atoms with van der Waals surface area (Å²) in [4.78, 5) is 31.0. The van der Waals surface area contributed by atoms with E-state index in [4.69, 9.17) is 21.1 Å². The lowest BCUT2D eigenvalue weighted by Gasteiger charge is -2.44. The fraction of sp³-hybridized carbons (Fsp3) is 0.556. The van der Waals surface area contributed by atoms with Crippen LogP contribution in [0.15, 0.2) is 48.6 Å². The first-order valence-electron chi connectivity index (χ1n) is 17.0. The van der Waals surface area contributed by atoms with E-state index in [1.165, 1.54) is 30.1 Å². The smallest absolute Gasteiger partial charge is 0.303 e. The van der Waals surface area contributed by atoms with Crippen LogP contribution < -0.4 is 14.4 Å². The number of amides is 2. The summed E-state index contributed by atoms with van der Waals surface area (Å²) in [5.74, 6) is -0.519. The number of ether oxygens (including phenoxy) is 2. The first-order valence-corrected chi connectivity index (χ1v) is 18.8. The number of hydrogen-bond acceptors (Lipinski definition) is 8. The maximum absolute atomic E-state index is 13.8. The SMILES string of the molecule is CO[C@H]1/C=C/CCN(C)C(=O)C[C@](O)(C(=O)NS(=O)(=O)N(C)C)c2ccc3c(c2)N(CCCCc2cc(Cl)ccc2CCO3)C[C@@H]2CC[C@H]21. The van der Waals surface area contributed by atoms with E-state index in [-0.39, 0.29) is 11.7 Å². The Hall–Kier alpha value is -3.16. The molecule has 0 unspecified atom stereocenters. The highest BCUT2D eigenvalue weighted by Gasteiger charge is 2.44. The normalized spacial score (nSPS) is 26.3. The maximum Gasteiger partial charge on any atom is 0.303 e. The number of halogens is 1. The number of hydrogen-bond donors (Lipinski definition) is 2. The van der Waals surface area contributed by atoms with Crippen LogP contribution in [0, 0.1) is 11.8 Å². The largest absolute Gasteiger partial charge is 0.491 e. The lowest BCUT2D eigenvalue weighted by Crippen LogP contribution is -2.51. The third-order valence-electron chi connectivity index (χ3n) is 10.2. The van der Waals surface area contributed by atoms with Gasteiger partial charge in [0.25, 0.3) is 5.91 Å². The Morgan fingerprint density at radius 1 is 1.10 bits per heavy atom. The van der Waals surface area contributed by atoms with Gasteiger partial charge in [-0.3, -0.25) is 9.59 Å². The molecule has 0 saturated heterocycles. The van der Waals surface area contributed by atoms with Gasteiger partial charge in [-0.25, -0.2) is 4.72 Å². The summed E-state index contributed by atoms with van der Waals surface area (Å²) in [6, 6.07) is 10.9. The van der Waals surface area contributed by atoms with Crippen LogP contribution in [0.1, 0.15) is 55.2 Å². The van der Waals surface area contributed by atoms with E-state index in [1.54, 1.807) is 32.4 Å². The van der Waals surface area contributed by atoms with Crippen molar-refractivity contribution in [1.82, 2.24) is 13.9 Å². The van der Waals surface area contributed by atoms with Crippen molar-refractivity contribution in [1.29, 1.82) is 0 Å². The van der Waals surface area contributed by atoms with Crippen molar-refractivity contribution in [3.05, 3.63) is 70.3 Å². The fourth-order valence-corrected chi connectivity index (χ4v) is 7.71. The molecular formula is C36H49ClN4O7S. The van der Waals surface area contributed by atoms with Gasteiger partial charge in [-0.15, -0.1) is 0 Å². The summed E-state index contributed by atoms with van der Waals surface area (Å²) in [6.07, 6.45) is 9.29. The number of nitrogens with one attached hydrogen (secondary N) is 1. The molecule has 13 heteroatoms. The van der Waals surface area contributed by atoms with E-state index in [1.807, 2.05) is 29.0 Å². The summed E-state index contributed by atoms with van der Waals surface area (Å²) in [5.41, 5.74) is 0.677. The van der Waals surface area contributed by atoms with Gasteiger partial charge < -0.3 is 24.4 Å². The van der Waals surface area contributed by atoms with Crippen LogP contribution in [-0.2, 0) is 43.0 Å². The molecule has 2 bridgehead atoms. The van der Waals surface area contributed by atoms with Crippen molar-refractivity contribution in [3.63, 3.8) is 0 Å². The molecule has 1 saturated carbocycles. The molecule has 268 valence electrons. The summed E-state index contributed by atoms with van der Waals surface area (Å²) < 4.78 is 40.7. The van der Waals surface area contributed by atoms with E-state index >= 15 is 0 Å². The molecule has 0 spiro atoms. The van der Waals surface area contributed by atoms with Gasteiger partial charge in [-0.1, -0.05) is 35.9 Å². The number of aliphatic hydroxyl groups is 1. The minimum Gasteiger partial charge on any atom is -0.491 e. The number of aryl methyl sites for hydroxylation is 1. The number of benzene rings is 2. The van der Waals surface area contributed by atoms with Crippen LogP contribution in [0.2, 0.25) is 5.02 Å². The standard InChI is InChI=1S/C36H49ClN4O7S/c1-39(2)49(45,46)38-35(43)36(44)23-34(42)40(3)18-7-6-10-32(47-4)30-15-12-27(30)24-41-19-8-5-9-26-21-29(37)14-11-25(26)17-20-48-33-16-13-28(36)22-31(33)41/h6,10-11,13-14,16,21-22,27,30,32,44H,5,7-9,12,15,17-20,23-24H2,1-4H3,(H,38,43)/b10-6+/t27-,30+,32-,36+/m0/s1. The average Bonchev–Trinajstić information content (AvgIpc) is 3.04. The molecule has 11 nitrogen and oxygen atoms in total. The molecule has 3 aliphatic rings. The lowest BCUT2D eigenvalue weighted by molar-refractivity contribution is -0.148. The van der Waals surface area contributed by atoms with Crippen LogP contribution in [-0.4, -0.2) is 95.1 Å². The van der Waals surface area contributed by atoms with E-state index < -0.39 is 34.0 Å². The third kappa shape index (κ3) is 8.60. The van der Waals surface area contributed by atoms with Crippen LogP contribution >= 0.6 is 11.6 Å². The van der Waals surface area contributed by atoms with Crippen LogP contribution in [0.25, 0.3) is 0 Å².